The molecule has 0 saturated heterocycles. The number of hydrogen-bond donors (Lipinski definition) is 1. The highest BCUT2D eigenvalue weighted by molar-refractivity contribution is 7.09. The van der Waals surface area contributed by atoms with Gasteiger partial charge in [-0.2, -0.15) is 0 Å². The van der Waals surface area contributed by atoms with Gasteiger partial charge in [0.15, 0.2) is 5.60 Å². The molecule has 1 aromatic carbocycles. The Balaban J connectivity index is 2.02. The summed E-state index contributed by atoms with van der Waals surface area (Å²) in [6.07, 6.45) is 0. The zero-order chi connectivity index (χ0) is 16.3. The van der Waals surface area contributed by atoms with Gasteiger partial charge in [-0.15, -0.1) is 11.3 Å². The lowest BCUT2D eigenvalue weighted by Gasteiger charge is -2.27. The van der Waals surface area contributed by atoms with Gasteiger partial charge in [-0.1, -0.05) is 11.6 Å². The lowest BCUT2D eigenvalue weighted by molar-refractivity contribution is -0.134. The molecule has 0 spiro atoms. The number of amides is 1. The van der Waals surface area contributed by atoms with Crippen LogP contribution in [0.2, 0.25) is 5.02 Å². The van der Waals surface area contributed by atoms with E-state index in [1.807, 2.05) is 19.2 Å². The van der Waals surface area contributed by atoms with Crippen LogP contribution in [0.4, 0.5) is 0 Å². The molecule has 22 heavy (non-hydrogen) atoms. The van der Waals surface area contributed by atoms with E-state index in [2.05, 4.69) is 10.3 Å². The Morgan fingerprint density at radius 1 is 1.36 bits per heavy atom. The molecule has 2 aromatic rings. The third kappa shape index (κ3) is 4.21. The number of nitrogens with zero attached hydrogens (tertiary/aromatic N) is 1. The van der Waals surface area contributed by atoms with Gasteiger partial charge in [0.25, 0.3) is 5.91 Å². The Morgan fingerprint density at radius 2 is 2.00 bits per heavy atom. The number of ether oxygens (including phenoxy) is 1. The van der Waals surface area contributed by atoms with Crippen molar-refractivity contribution in [2.75, 3.05) is 0 Å². The molecule has 1 aromatic heterocycles. The number of rotatable bonds is 5. The average Bonchev–Trinajstić information content (AvgIpc) is 2.88. The second-order valence-electron chi connectivity index (χ2n) is 5.55. The van der Waals surface area contributed by atoms with E-state index in [0.29, 0.717) is 10.8 Å². The fraction of sp³-hybridized carbons (Fsp3) is 0.375. The minimum atomic E-state index is -0.993. The van der Waals surface area contributed by atoms with Crippen molar-refractivity contribution in [3.63, 3.8) is 0 Å². The van der Waals surface area contributed by atoms with Gasteiger partial charge in [-0.3, -0.25) is 4.79 Å². The predicted octanol–water partition coefficient (Wildman–Crippen LogP) is 4.14. The molecule has 0 bridgehead atoms. The molecule has 0 aliphatic heterocycles. The Hall–Kier alpha value is -1.59. The first-order chi connectivity index (χ1) is 10.3. The summed E-state index contributed by atoms with van der Waals surface area (Å²) in [5, 5.41) is 6.49. The summed E-state index contributed by atoms with van der Waals surface area (Å²) in [6.45, 7) is 7.31. The zero-order valence-electron chi connectivity index (χ0n) is 13.0. The molecule has 1 amide bonds. The number of carbonyl (C=O) groups excluding carboxylic acids is 1. The van der Waals surface area contributed by atoms with Crippen molar-refractivity contribution < 1.29 is 9.53 Å². The molecular weight excluding hydrogens is 320 g/mol. The predicted molar refractivity (Wildman–Crippen MR) is 89.6 cm³/mol. The lowest BCUT2D eigenvalue weighted by atomic mass is 10.1. The van der Waals surface area contributed by atoms with Crippen LogP contribution >= 0.6 is 22.9 Å². The summed E-state index contributed by atoms with van der Waals surface area (Å²) < 4.78 is 5.77. The minimum Gasteiger partial charge on any atom is -0.478 e. The van der Waals surface area contributed by atoms with E-state index in [4.69, 9.17) is 16.3 Å². The normalized spacial score (nSPS) is 12.8. The summed E-state index contributed by atoms with van der Waals surface area (Å²) in [4.78, 5) is 16.8. The third-order valence-corrected chi connectivity index (χ3v) is 4.21. The maximum atomic E-state index is 12.4. The van der Waals surface area contributed by atoms with Crippen molar-refractivity contribution in [2.45, 2.75) is 39.3 Å². The summed E-state index contributed by atoms with van der Waals surface area (Å²) >= 11 is 7.41. The number of hydrogen-bond acceptors (Lipinski definition) is 4. The van der Waals surface area contributed by atoms with Crippen LogP contribution in [0.1, 0.15) is 37.5 Å². The summed E-state index contributed by atoms with van der Waals surface area (Å²) in [6, 6.07) is 6.78. The minimum absolute atomic E-state index is 0.162. The van der Waals surface area contributed by atoms with Gasteiger partial charge >= 0.3 is 0 Å². The van der Waals surface area contributed by atoms with Gasteiger partial charge in [0.1, 0.15) is 5.75 Å². The highest BCUT2D eigenvalue weighted by Gasteiger charge is 2.31. The van der Waals surface area contributed by atoms with Gasteiger partial charge in [0.05, 0.1) is 16.7 Å². The summed E-state index contributed by atoms with van der Waals surface area (Å²) in [7, 11) is 0. The first-order valence-electron chi connectivity index (χ1n) is 6.95. The highest BCUT2D eigenvalue weighted by Crippen LogP contribution is 2.22. The zero-order valence-corrected chi connectivity index (χ0v) is 14.6. The number of carbonyl (C=O) groups is 1. The van der Waals surface area contributed by atoms with Gasteiger partial charge in [-0.05, 0) is 52.0 Å². The van der Waals surface area contributed by atoms with Crippen LogP contribution in [0.15, 0.2) is 29.6 Å². The first kappa shape index (κ1) is 16.8. The van der Waals surface area contributed by atoms with Gasteiger partial charge < -0.3 is 10.1 Å². The fourth-order valence-electron chi connectivity index (χ4n) is 1.87. The molecule has 0 radical (unpaired) electrons. The standard InChI is InChI=1S/C16H19ClN2O2S/c1-10(14-9-22-11(2)19-14)18-15(20)16(3,4)21-13-7-5-12(17)6-8-13/h5-10H,1-4H3,(H,18,20). The van der Waals surface area contributed by atoms with Crippen LogP contribution in [0.25, 0.3) is 0 Å². The molecule has 0 aliphatic carbocycles. The largest absolute Gasteiger partial charge is 0.478 e. The van der Waals surface area contributed by atoms with Crippen molar-refractivity contribution in [3.05, 3.63) is 45.4 Å². The SMILES string of the molecule is Cc1nc(C(C)NC(=O)C(C)(C)Oc2ccc(Cl)cc2)cs1. The van der Waals surface area contributed by atoms with Crippen LogP contribution < -0.4 is 10.1 Å². The number of halogens is 1. The maximum absolute atomic E-state index is 12.4. The van der Waals surface area contributed by atoms with E-state index >= 15 is 0 Å². The molecule has 4 nitrogen and oxygen atoms in total. The van der Waals surface area contributed by atoms with Crippen LogP contribution in [-0.2, 0) is 4.79 Å². The monoisotopic (exact) mass is 338 g/mol. The Bertz CT molecular complexity index is 652. The smallest absolute Gasteiger partial charge is 0.264 e. The lowest BCUT2D eigenvalue weighted by Crippen LogP contribution is -2.47. The summed E-state index contributed by atoms with van der Waals surface area (Å²) in [5.74, 6) is 0.405. The summed E-state index contributed by atoms with van der Waals surface area (Å²) in [5.41, 5.74) is -0.134. The topological polar surface area (TPSA) is 51.2 Å². The number of benzene rings is 1. The van der Waals surface area contributed by atoms with Crippen LogP contribution in [-0.4, -0.2) is 16.5 Å². The Labute approximate surface area is 139 Å². The van der Waals surface area contributed by atoms with Crippen molar-refractivity contribution in [3.8, 4) is 5.75 Å². The molecule has 118 valence electrons. The number of aryl methyl sites for hydroxylation is 1. The third-order valence-electron chi connectivity index (χ3n) is 3.16. The molecule has 1 N–H and O–H groups in total. The number of aromatic nitrogens is 1. The van der Waals surface area contributed by atoms with Crippen molar-refractivity contribution >= 4 is 28.8 Å². The second kappa shape index (κ2) is 6.67. The molecule has 0 aliphatic rings. The molecule has 1 unspecified atom stereocenters. The molecule has 0 saturated carbocycles. The number of nitrogens with one attached hydrogen (secondary N) is 1. The van der Waals surface area contributed by atoms with E-state index in [9.17, 15) is 4.79 Å². The van der Waals surface area contributed by atoms with E-state index < -0.39 is 5.60 Å². The molecular formula is C16H19ClN2O2S. The van der Waals surface area contributed by atoms with Crippen LogP contribution in [0.5, 0.6) is 5.75 Å². The van der Waals surface area contributed by atoms with Crippen molar-refractivity contribution in [1.82, 2.24) is 10.3 Å². The Morgan fingerprint density at radius 3 is 2.55 bits per heavy atom. The Kier molecular flexibility index (Phi) is 5.08. The van der Waals surface area contributed by atoms with E-state index in [1.165, 1.54) is 0 Å². The van der Waals surface area contributed by atoms with Gasteiger partial charge in [-0.25, -0.2) is 4.98 Å². The average molecular weight is 339 g/mol. The van der Waals surface area contributed by atoms with E-state index in [0.717, 1.165) is 10.7 Å². The molecule has 2 rings (SSSR count). The van der Waals surface area contributed by atoms with Gasteiger partial charge in [0, 0.05) is 10.4 Å². The molecule has 1 heterocycles. The molecule has 0 fully saturated rings. The highest BCUT2D eigenvalue weighted by atomic mass is 35.5. The maximum Gasteiger partial charge on any atom is 0.264 e. The van der Waals surface area contributed by atoms with Crippen molar-refractivity contribution in [2.24, 2.45) is 0 Å². The van der Waals surface area contributed by atoms with Crippen LogP contribution in [0.3, 0.4) is 0 Å². The van der Waals surface area contributed by atoms with Crippen molar-refractivity contribution in [1.29, 1.82) is 0 Å². The van der Waals surface area contributed by atoms with E-state index in [1.54, 1.807) is 49.4 Å². The quantitative estimate of drug-likeness (QED) is 0.891. The molecule has 6 heteroatoms. The molecule has 1 atom stereocenters. The number of thiazole rings is 1. The van der Waals surface area contributed by atoms with Gasteiger partial charge in [0.2, 0.25) is 0 Å². The first-order valence-corrected chi connectivity index (χ1v) is 8.21. The van der Waals surface area contributed by atoms with Crippen LogP contribution in [0, 0.1) is 6.92 Å². The second-order valence-corrected chi connectivity index (χ2v) is 7.05. The van der Waals surface area contributed by atoms with E-state index in [-0.39, 0.29) is 11.9 Å². The fourth-order valence-corrected chi connectivity index (χ4v) is 2.70.